The Morgan fingerprint density at radius 2 is 1.68 bits per heavy atom. The van der Waals surface area contributed by atoms with Gasteiger partial charge in [0.1, 0.15) is 17.0 Å². The molecule has 1 aromatic heterocycles. The van der Waals surface area contributed by atoms with Crippen LogP contribution in [0.25, 0.3) is 0 Å². The minimum Gasteiger partial charge on any atom is -0.493 e. The molecule has 0 bridgehead atoms. The van der Waals surface area contributed by atoms with Crippen molar-refractivity contribution in [3.05, 3.63) is 81.0 Å². The van der Waals surface area contributed by atoms with Gasteiger partial charge in [-0.05, 0) is 104 Å². The van der Waals surface area contributed by atoms with E-state index in [1.54, 1.807) is 18.2 Å². The fourth-order valence-electron chi connectivity index (χ4n) is 4.73. The van der Waals surface area contributed by atoms with Crippen molar-refractivity contribution in [1.29, 1.82) is 0 Å². The highest BCUT2D eigenvalue weighted by Gasteiger charge is 2.52. The lowest BCUT2D eigenvalue weighted by Crippen LogP contribution is -2.41. The topological polar surface area (TPSA) is 76.1 Å². The van der Waals surface area contributed by atoms with Crippen LogP contribution in [0.4, 0.5) is 13.2 Å². The molecule has 0 amide bonds. The second kappa shape index (κ2) is 13.5. The molecule has 44 heavy (non-hydrogen) atoms. The molecular formula is C32H36BBrF3NO6. The lowest BCUT2D eigenvalue weighted by Gasteiger charge is -2.32. The molecule has 4 rings (SSSR count). The van der Waals surface area contributed by atoms with Crippen LogP contribution in [0, 0.1) is 6.92 Å². The largest absolute Gasteiger partial charge is 0.495 e. The molecule has 7 nitrogen and oxygen atoms in total. The molecule has 0 spiro atoms. The van der Waals surface area contributed by atoms with Gasteiger partial charge >= 0.3 is 19.3 Å². The maximum Gasteiger partial charge on any atom is 0.495 e. The van der Waals surface area contributed by atoms with Crippen molar-refractivity contribution in [2.24, 2.45) is 0 Å². The summed E-state index contributed by atoms with van der Waals surface area (Å²) in [5, 5.41) is 0. The van der Waals surface area contributed by atoms with Crippen LogP contribution in [-0.2, 0) is 44.5 Å². The number of pyridine rings is 1. The Balaban J connectivity index is 1.52. The summed E-state index contributed by atoms with van der Waals surface area (Å²) in [6.07, 6.45) is -3.78. The fourth-order valence-corrected chi connectivity index (χ4v) is 5.06. The average molecular weight is 678 g/mol. The van der Waals surface area contributed by atoms with E-state index in [0.717, 1.165) is 23.2 Å². The number of alkyl halides is 3. The summed E-state index contributed by atoms with van der Waals surface area (Å²) in [5.74, 6) is 0.383. The molecule has 0 atom stereocenters. The minimum absolute atomic E-state index is 0.00489. The van der Waals surface area contributed by atoms with Gasteiger partial charge in [0, 0.05) is 11.6 Å². The Labute approximate surface area is 264 Å². The SMILES string of the molecule is COC(=O)Cc1cc(C)c(B2OC(C)(C)C(C)(C)O2)cc1OCCCc1cc(C(F)(F)F)ccc1COc1cccc(Br)n1. The smallest absolute Gasteiger partial charge is 0.493 e. The van der Waals surface area contributed by atoms with Crippen LogP contribution in [0.1, 0.15) is 61.9 Å². The average Bonchev–Trinajstić information content (AvgIpc) is 3.16. The standard InChI is InChI=1S/C32H36BBrF3NO6/c1-20-15-23(17-29(39)40-6)26(18-25(20)33-43-30(2,3)31(4,5)44-33)41-14-8-9-21-16-24(32(35,36)37)13-12-22(21)19-42-28-11-7-10-27(34)38-28/h7,10-13,15-16,18H,8-9,14,17,19H2,1-6H3. The maximum absolute atomic E-state index is 13.5. The van der Waals surface area contributed by atoms with E-state index in [4.69, 9.17) is 23.5 Å². The molecule has 1 saturated heterocycles. The highest BCUT2D eigenvalue weighted by molar-refractivity contribution is 9.10. The van der Waals surface area contributed by atoms with Gasteiger partial charge in [0.2, 0.25) is 5.88 Å². The van der Waals surface area contributed by atoms with E-state index in [1.807, 2.05) is 46.8 Å². The van der Waals surface area contributed by atoms with E-state index in [0.29, 0.717) is 45.8 Å². The summed E-state index contributed by atoms with van der Waals surface area (Å²) in [5.41, 5.74) is 1.55. The number of hydrogen-bond acceptors (Lipinski definition) is 7. The quantitative estimate of drug-likeness (QED) is 0.0959. The Morgan fingerprint density at radius 3 is 2.32 bits per heavy atom. The number of hydrogen-bond donors (Lipinski definition) is 0. The zero-order valence-electron chi connectivity index (χ0n) is 25.6. The van der Waals surface area contributed by atoms with Gasteiger partial charge in [0.15, 0.2) is 0 Å². The monoisotopic (exact) mass is 677 g/mol. The Hall–Kier alpha value is -3.09. The number of esters is 1. The van der Waals surface area contributed by atoms with E-state index < -0.39 is 36.0 Å². The molecule has 0 N–H and O–H groups in total. The normalized spacial score (nSPS) is 15.7. The second-order valence-corrected chi connectivity index (χ2v) is 12.5. The summed E-state index contributed by atoms with van der Waals surface area (Å²) in [7, 11) is 0.680. The number of carbonyl (C=O) groups excluding carboxylic acids is 1. The number of ether oxygens (including phenoxy) is 3. The molecule has 2 aromatic carbocycles. The van der Waals surface area contributed by atoms with Crippen molar-refractivity contribution in [2.45, 2.75) is 77.9 Å². The van der Waals surface area contributed by atoms with Gasteiger partial charge in [0.25, 0.3) is 0 Å². The predicted molar refractivity (Wildman–Crippen MR) is 164 cm³/mol. The van der Waals surface area contributed by atoms with Crippen molar-refractivity contribution < 1.29 is 41.5 Å². The van der Waals surface area contributed by atoms with Crippen LogP contribution < -0.4 is 14.9 Å². The van der Waals surface area contributed by atoms with Crippen LogP contribution in [0.2, 0.25) is 0 Å². The summed E-state index contributed by atoms with van der Waals surface area (Å²) < 4.78 is 70.5. The van der Waals surface area contributed by atoms with Crippen molar-refractivity contribution in [1.82, 2.24) is 4.98 Å². The molecule has 3 aromatic rings. The van der Waals surface area contributed by atoms with E-state index >= 15 is 0 Å². The van der Waals surface area contributed by atoms with Gasteiger partial charge in [-0.3, -0.25) is 4.79 Å². The zero-order valence-corrected chi connectivity index (χ0v) is 27.2. The lowest BCUT2D eigenvalue weighted by atomic mass is 9.75. The molecule has 0 aliphatic carbocycles. The van der Waals surface area contributed by atoms with Crippen LogP contribution >= 0.6 is 15.9 Å². The van der Waals surface area contributed by atoms with Crippen LogP contribution in [-0.4, -0.2) is 43.0 Å². The first-order valence-corrected chi connectivity index (χ1v) is 15.0. The van der Waals surface area contributed by atoms with Gasteiger partial charge in [-0.25, -0.2) is 4.98 Å². The highest BCUT2D eigenvalue weighted by Crippen LogP contribution is 2.37. The Morgan fingerprint density at radius 1 is 0.977 bits per heavy atom. The fraction of sp³-hybridized carbons (Fsp3) is 0.438. The molecule has 0 radical (unpaired) electrons. The number of methoxy groups -OCH3 is 1. The first-order chi connectivity index (χ1) is 20.6. The van der Waals surface area contributed by atoms with E-state index in [9.17, 15) is 18.0 Å². The molecule has 1 aliphatic heterocycles. The number of benzene rings is 2. The second-order valence-electron chi connectivity index (χ2n) is 11.7. The molecule has 1 fully saturated rings. The Kier molecular flexibility index (Phi) is 10.4. The molecule has 236 valence electrons. The number of aryl methyl sites for hydroxylation is 2. The van der Waals surface area contributed by atoms with Crippen molar-refractivity contribution >= 4 is 34.5 Å². The van der Waals surface area contributed by atoms with Gasteiger partial charge < -0.3 is 23.5 Å². The van der Waals surface area contributed by atoms with E-state index in [1.165, 1.54) is 13.2 Å². The molecule has 1 aliphatic rings. The van der Waals surface area contributed by atoms with Crippen molar-refractivity contribution in [3.63, 3.8) is 0 Å². The van der Waals surface area contributed by atoms with Gasteiger partial charge in [-0.1, -0.05) is 23.8 Å². The Bertz CT molecular complexity index is 1480. The van der Waals surface area contributed by atoms with Gasteiger partial charge in [-0.15, -0.1) is 0 Å². The number of rotatable bonds is 11. The summed E-state index contributed by atoms with van der Waals surface area (Å²) in [4.78, 5) is 16.4. The predicted octanol–water partition coefficient (Wildman–Crippen LogP) is 6.78. The zero-order chi connectivity index (χ0) is 32.3. The van der Waals surface area contributed by atoms with Crippen molar-refractivity contribution in [3.8, 4) is 11.6 Å². The summed E-state index contributed by atoms with van der Waals surface area (Å²) in [6.45, 7) is 10.0. The van der Waals surface area contributed by atoms with Crippen molar-refractivity contribution in [2.75, 3.05) is 13.7 Å². The highest BCUT2D eigenvalue weighted by atomic mass is 79.9. The molecule has 2 heterocycles. The molecular weight excluding hydrogens is 642 g/mol. The van der Waals surface area contributed by atoms with Gasteiger partial charge in [0.05, 0.1) is 36.9 Å². The summed E-state index contributed by atoms with van der Waals surface area (Å²) >= 11 is 3.29. The first kappa shape index (κ1) is 33.8. The van der Waals surface area contributed by atoms with Crippen LogP contribution in [0.5, 0.6) is 11.6 Å². The number of halogens is 4. The van der Waals surface area contributed by atoms with E-state index in [-0.39, 0.29) is 19.6 Å². The number of aromatic nitrogens is 1. The first-order valence-electron chi connectivity index (χ1n) is 14.2. The minimum atomic E-state index is -4.48. The lowest BCUT2D eigenvalue weighted by molar-refractivity contribution is -0.140. The maximum atomic E-state index is 13.5. The van der Waals surface area contributed by atoms with Crippen LogP contribution in [0.3, 0.4) is 0 Å². The van der Waals surface area contributed by atoms with Gasteiger partial charge in [-0.2, -0.15) is 13.2 Å². The third-order valence-corrected chi connectivity index (χ3v) is 8.41. The summed E-state index contributed by atoms with van der Waals surface area (Å²) in [6, 6.07) is 12.5. The van der Waals surface area contributed by atoms with Crippen LogP contribution in [0.15, 0.2) is 53.1 Å². The molecule has 0 unspecified atom stereocenters. The molecule has 0 saturated carbocycles. The third kappa shape index (κ3) is 8.14. The number of nitrogens with zero attached hydrogens (tertiary/aromatic N) is 1. The number of carbonyl (C=O) groups is 1. The van der Waals surface area contributed by atoms with E-state index in [2.05, 4.69) is 20.9 Å². The molecule has 12 heteroatoms. The third-order valence-electron chi connectivity index (χ3n) is 7.97.